The molecule has 8 nitrogen and oxygen atoms in total. The molecule has 2 amide bonds. The van der Waals surface area contributed by atoms with Crippen LogP contribution < -0.4 is 15.4 Å². The van der Waals surface area contributed by atoms with Crippen molar-refractivity contribution in [3.8, 4) is 5.75 Å². The highest BCUT2D eigenvalue weighted by Crippen LogP contribution is 2.35. The van der Waals surface area contributed by atoms with Crippen LogP contribution in [0.15, 0.2) is 35.2 Å². The molecule has 0 aliphatic carbocycles. The minimum absolute atomic E-state index is 0.000852. The number of halogens is 1. The summed E-state index contributed by atoms with van der Waals surface area (Å²) in [6.07, 6.45) is -0.239. The molecule has 0 spiro atoms. The lowest BCUT2D eigenvalue weighted by molar-refractivity contribution is -0.123. The third-order valence-electron chi connectivity index (χ3n) is 4.92. The van der Waals surface area contributed by atoms with Crippen molar-refractivity contribution in [3.63, 3.8) is 0 Å². The second-order valence-electron chi connectivity index (χ2n) is 7.41. The third kappa shape index (κ3) is 4.84. The van der Waals surface area contributed by atoms with E-state index in [2.05, 4.69) is 10.6 Å². The van der Waals surface area contributed by atoms with E-state index in [1.807, 2.05) is 6.92 Å². The lowest BCUT2D eigenvalue weighted by atomic mass is 10.1. The Labute approximate surface area is 186 Å². The van der Waals surface area contributed by atoms with Crippen molar-refractivity contribution in [2.24, 2.45) is 0 Å². The van der Waals surface area contributed by atoms with E-state index in [1.54, 1.807) is 38.1 Å². The van der Waals surface area contributed by atoms with Crippen molar-refractivity contribution < 1.29 is 22.7 Å². The maximum Gasteiger partial charge on any atom is 0.265 e. The van der Waals surface area contributed by atoms with Crippen LogP contribution in [0.2, 0.25) is 5.02 Å². The van der Waals surface area contributed by atoms with Crippen molar-refractivity contribution in [1.29, 1.82) is 0 Å². The summed E-state index contributed by atoms with van der Waals surface area (Å²) in [5.41, 5.74) is 2.18. The Balaban J connectivity index is 1.80. The first-order valence-electron chi connectivity index (χ1n) is 9.67. The van der Waals surface area contributed by atoms with Gasteiger partial charge in [-0.05, 0) is 49.6 Å². The summed E-state index contributed by atoms with van der Waals surface area (Å²) >= 11 is 6.13. The number of nitrogens with one attached hydrogen (secondary N) is 2. The molecule has 0 unspecified atom stereocenters. The molecule has 31 heavy (non-hydrogen) atoms. The number of rotatable bonds is 6. The fourth-order valence-corrected chi connectivity index (χ4v) is 4.82. The van der Waals surface area contributed by atoms with Crippen molar-refractivity contribution >= 4 is 44.8 Å². The first-order valence-corrected chi connectivity index (χ1v) is 11.5. The van der Waals surface area contributed by atoms with E-state index in [9.17, 15) is 18.0 Å². The molecule has 166 valence electrons. The molecule has 0 saturated heterocycles. The van der Waals surface area contributed by atoms with Crippen molar-refractivity contribution in [2.75, 3.05) is 24.2 Å². The molecule has 0 bridgehead atoms. The van der Waals surface area contributed by atoms with Crippen LogP contribution in [0.25, 0.3) is 0 Å². The maximum atomic E-state index is 13.1. The van der Waals surface area contributed by atoms with Gasteiger partial charge < -0.3 is 15.4 Å². The van der Waals surface area contributed by atoms with Crippen LogP contribution in [0, 0.1) is 13.8 Å². The first-order chi connectivity index (χ1) is 14.5. The zero-order valence-electron chi connectivity index (χ0n) is 17.7. The molecule has 1 aliphatic rings. The Morgan fingerprint density at radius 3 is 2.61 bits per heavy atom. The van der Waals surface area contributed by atoms with Gasteiger partial charge in [0, 0.05) is 13.1 Å². The fraction of sp³-hybridized carbons (Fsp3) is 0.333. The first kappa shape index (κ1) is 23.1. The quantitative estimate of drug-likeness (QED) is 0.680. The van der Waals surface area contributed by atoms with E-state index in [0.717, 1.165) is 9.87 Å². The number of carbonyl (C=O) groups is 2. The van der Waals surface area contributed by atoms with E-state index in [1.165, 1.54) is 13.1 Å². The Hall–Kier alpha value is -2.62. The number of benzene rings is 2. The van der Waals surface area contributed by atoms with Crippen molar-refractivity contribution in [3.05, 3.63) is 46.5 Å². The number of nitrogens with zero attached hydrogens (tertiary/aromatic N) is 1. The number of hydrogen-bond acceptors (Lipinski definition) is 5. The number of aryl methyl sites for hydroxylation is 2. The average Bonchev–Trinajstić information content (AvgIpc) is 2.69. The maximum absolute atomic E-state index is 13.1. The highest BCUT2D eigenvalue weighted by Gasteiger charge is 2.31. The topological polar surface area (TPSA) is 105 Å². The lowest BCUT2D eigenvalue weighted by Gasteiger charge is -2.27. The van der Waals surface area contributed by atoms with E-state index < -0.39 is 28.6 Å². The number of carbonyl (C=O) groups excluding carboxylic acids is 2. The minimum atomic E-state index is -4.00. The van der Waals surface area contributed by atoms with Gasteiger partial charge in [0.1, 0.15) is 5.75 Å². The number of likely N-dealkylation sites (N-methyl/N-ethyl adjacent to an activating group) is 1. The van der Waals surface area contributed by atoms with Gasteiger partial charge in [-0.2, -0.15) is 4.31 Å². The SMILES string of the molecule is CC[C@H]1Oc2cc(S(=O)(=O)N(C)CC(=O)Nc3ccc(C)cc3Cl)c(C)cc2NC1=O. The van der Waals surface area contributed by atoms with Crippen LogP contribution >= 0.6 is 11.6 Å². The molecular formula is C21H24ClN3O5S. The molecule has 0 saturated carbocycles. The third-order valence-corrected chi connectivity index (χ3v) is 7.18. The molecule has 2 aromatic carbocycles. The van der Waals surface area contributed by atoms with Gasteiger partial charge in [0.15, 0.2) is 6.10 Å². The molecule has 0 fully saturated rings. The summed E-state index contributed by atoms with van der Waals surface area (Å²) in [5, 5.41) is 5.72. The second-order valence-corrected chi connectivity index (χ2v) is 9.83. The van der Waals surface area contributed by atoms with Crippen LogP contribution in [0.4, 0.5) is 11.4 Å². The summed E-state index contributed by atoms with van der Waals surface area (Å²) in [5.74, 6) is -0.518. The number of ether oxygens (including phenoxy) is 1. The van der Waals surface area contributed by atoms with Gasteiger partial charge in [0.25, 0.3) is 5.91 Å². The second kappa shape index (κ2) is 8.86. The number of amides is 2. The summed E-state index contributed by atoms with van der Waals surface area (Å²) < 4.78 is 32.9. The summed E-state index contributed by atoms with van der Waals surface area (Å²) in [7, 11) is -2.68. The molecule has 0 aromatic heterocycles. The van der Waals surface area contributed by atoms with Gasteiger partial charge >= 0.3 is 0 Å². The summed E-state index contributed by atoms with van der Waals surface area (Å²) in [6, 6.07) is 8.09. The van der Waals surface area contributed by atoms with Crippen molar-refractivity contribution in [2.45, 2.75) is 38.2 Å². The molecule has 2 N–H and O–H groups in total. The number of sulfonamides is 1. The van der Waals surface area contributed by atoms with Crippen LogP contribution in [0.5, 0.6) is 5.75 Å². The van der Waals surface area contributed by atoms with Crippen molar-refractivity contribution in [1.82, 2.24) is 4.31 Å². The standard InChI is InChI=1S/C21H24ClN3O5S/c1-5-17-21(27)24-16-9-13(3)19(10-18(16)30-17)31(28,29)25(4)11-20(26)23-15-7-6-12(2)8-14(15)22/h6-10,17H,5,11H2,1-4H3,(H,23,26)(H,24,27)/t17-/m1/s1. The highest BCUT2D eigenvalue weighted by molar-refractivity contribution is 7.89. The van der Waals surface area contributed by atoms with Gasteiger partial charge in [-0.15, -0.1) is 0 Å². The van der Waals surface area contributed by atoms with Gasteiger partial charge in [-0.25, -0.2) is 8.42 Å². The molecule has 1 aliphatic heterocycles. The van der Waals surface area contributed by atoms with Gasteiger partial charge in [-0.3, -0.25) is 9.59 Å². The zero-order valence-corrected chi connectivity index (χ0v) is 19.2. The predicted molar refractivity (Wildman–Crippen MR) is 119 cm³/mol. The summed E-state index contributed by atoms with van der Waals surface area (Å²) in [4.78, 5) is 24.4. The molecule has 2 aromatic rings. The smallest absolute Gasteiger partial charge is 0.265 e. The van der Waals surface area contributed by atoms with Crippen LogP contribution in [-0.4, -0.2) is 44.2 Å². The van der Waals surface area contributed by atoms with E-state index >= 15 is 0 Å². The Bertz CT molecular complexity index is 1150. The average molecular weight is 466 g/mol. The van der Waals surface area contributed by atoms with Crippen LogP contribution in [-0.2, 0) is 19.6 Å². The minimum Gasteiger partial charge on any atom is -0.478 e. The molecule has 3 rings (SSSR count). The van der Waals surface area contributed by atoms with E-state index in [4.69, 9.17) is 16.3 Å². The van der Waals surface area contributed by atoms with Crippen LogP contribution in [0.3, 0.4) is 0 Å². The molecular weight excluding hydrogens is 442 g/mol. The normalized spacial score (nSPS) is 15.8. The zero-order chi connectivity index (χ0) is 22.9. The number of anilines is 2. The molecule has 1 heterocycles. The lowest BCUT2D eigenvalue weighted by Crippen LogP contribution is -2.37. The Morgan fingerprint density at radius 2 is 1.97 bits per heavy atom. The van der Waals surface area contributed by atoms with Crippen LogP contribution in [0.1, 0.15) is 24.5 Å². The Morgan fingerprint density at radius 1 is 1.26 bits per heavy atom. The van der Waals surface area contributed by atoms with Gasteiger partial charge in [-0.1, -0.05) is 24.6 Å². The highest BCUT2D eigenvalue weighted by atomic mass is 35.5. The molecule has 0 radical (unpaired) electrons. The van der Waals surface area contributed by atoms with E-state index in [0.29, 0.717) is 28.4 Å². The van der Waals surface area contributed by atoms with E-state index in [-0.39, 0.29) is 16.6 Å². The molecule has 10 heteroatoms. The molecule has 1 atom stereocenters. The Kier molecular flexibility index (Phi) is 6.59. The number of hydrogen-bond donors (Lipinski definition) is 2. The fourth-order valence-electron chi connectivity index (χ4n) is 3.20. The van der Waals surface area contributed by atoms with Gasteiger partial charge in [0.05, 0.1) is 27.8 Å². The largest absolute Gasteiger partial charge is 0.478 e. The van der Waals surface area contributed by atoms with Gasteiger partial charge in [0.2, 0.25) is 15.9 Å². The predicted octanol–water partition coefficient (Wildman–Crippen LogP) is 3.33. The monoisotopic (exact) mass is 465 g/mol. The summed E-state index contributed by atoms with van der Waals surface area (Å²) in [6.45, 7) is 4.88. The number of fused-ring (bicyclic) bond motifs is 1.